The first-order valence-electron chi connectivity index (χ1n) is 6.06. The summed E-state index contributed by atoms with van der Waals surface area (Å²) in [6.45, 7) is 0. The summed E-state index contributed by atoms with van der Waals surface area (Å²) >= 11 is 1.56. The van der Waals surface area contributed by atoms with E-state index in [0.717, 1.165) is 4.88 Å². The molecule has 6 nitrogen and oxygen atoms in total. The van der Waals surface area contributed by atoms with Gasteiger partial charge in [0.25, 0.3) is 0 Å². The second kappa shape index (κ2) is 5.02. The molecule has 3 aromatic rings. The average molecular weight is 302 g/mol. The lowest BCUT2D eigenvalue weighted by atomic mass is 10.2. The van der Waals surface area contributed by atoms with Crippen molar-refractivity contribution >= 4 is 28.8 Å². The Kier molecular flexibility index (Phi) is 3.19. The molecule has 0 aliphatic carbocycles. The number of rotatable bonds is 4. The average Bonchev–Trinajstić information content (AvgIpc) is 3.07. The molecule has 0 aromatic carbocycles. The zero-order valence-corrected chi connectivity index (χ0v) is 11.5. The molecule has 106 valence electrons. The van der Waals surface area contributed by atoms with Crippen molar-refractivity contribution < 1.29 is 19.8 Å². The van der Waals surface area contributed by atoms with Crippen LogP contribution in [0.15, 0.2) is 35.8 Å². The molecule has 21 heavy (non-hydrogen) atoms. The third-order valence-electron chi connectivity index (χ3n) is 3.08. The number of hydrogen-bond donors (Lipinski definition) is 2. The maximum atomic E-state index is 11.3. The quantitative estimate of drug-likeness (QED) is 0.772. The van der Waals surface area contributed by atoms with Crippen molar-refractivity contribution in [2.75, 3.05) is 0 Å². The molecule has 7 heteroatoms. The fourth-order valence-electron chi connectivity index (χ4n) is 2.13. The van der Waals surface area contributed by atoms with Crippen molar-refractivity contribution in [3.8, 4) is 0 Å². The van der Waals surface area contributed by atoms with Crippen molar-refractivity contribution in [3.05, 3.63) is 57.8 Å². The van der Waals surface area contributed by atoms with E-state index in [4.69, 9.17) is 5.11 Å². The summed E-state index contributed by atoms with van der Waals surface area (Å²) in [7, 11) is 0. The van der Waals surface area contributed by atoms with Crippen molar-refractivity contribution in [2.24, 2.45) is 0 Å². The predicted octanol–water partition coefficient (Wildman–Crippen LogP) is 2.38. The Labute approximate surface area is 122 Å². The SMILES string of the molecule is O=C(O)c1ccn2c(Cc3cccs3)nc(C(=O)O)c2c1. The molecule has 0 saturated heterocycles. The first kappa shape index (κ1) is 13.3. The summed E-state index contributed by atoms with van der Waals surface area (Å²) in [4.78, 5) is 27.5. The Balaban J connectivity index is 2.17. The summed E-state index contributed by atoms with van der Waals surface area (Å²) in [5.74, 6) is -1.70. The molecular weight excluding hydrogens is 292 g/mol. The van der Waals surface area contributed by atoms with Gasteiger partial charge in [-0.15, -0.1) is 11.3 Å². The van der Waals surface area contributed by atoms with Crippen LogP contribution in [0.25, 0.3) is 5.52 Å². The Morgan fingerprint density at radius 1 is 1.24 bits per heavy atom. The predicted molar refractivity (Wildman–Crippen MR) is 76.2 cm³/mol. The topological polar surface area (TPSA) is 91.9 Å². The molecule has 0 amide bonds. The highest BCUT2D eigenvalue weighted by atomic mass is 32.1. The lowest BCUT2D eigenvalue weighted by Gasteiger charge is -2.01. The van der Waals surface area contributed by atoms with Crippen LogP contribution in [0.5, 0.6) is 0 Å². The molecule has 0 atom stereocenters. The summed E-state index contributed by atoms with van der Waals surface area (Å²) < 4.78 is 1.62. The number of imidazole rings is 1. The minimum Gasteiger partial charge on any atom is -0.478 e. The number of fused-ring (bicyclic) bond motifs is 1. The molecule has 3 heterocycles. The molecule has 2 N–H and O–H groups in total. The standard InChI is InChI=1S/C14H10N2O4S/c17-13(18)8-3-4-16-10(6-8)12(14(19)20)15-11(16)7-9-2-1-5-21-9/h1-6H,7H2,(H,17,18)(H,19,20). The van der Waals surface area contributed by atoms with Gasteiger partial charge in [-0.2, -0.15) is 0 Å². The lowest BCUT2D eigenvalue weighted by molar-refractivity contribution is 0.0682. The monoisotopic (exact) mass is 302 g/mol. The minimum atomic E-state index is -1.17. The summed E-state index contributed by atoms with van der Waals surface area (Å²) in [6.07, 6.45) is 2.04. The van der Waals surface area contributed by atoms with Gasteiger partial charge in [-0.25, -0.2) is 14.6 Å². The van der Waals surface area contributed by atoms with Crippen LogP contribution in [0.3, 0.4) is 0 Å². The van der Waals surface area contributed by atoms with E-state index >= 15 is 0 Å². The molecule has 0 saturated carbocycles. The van der Waals surface area contributed by atoms with Gasteiger partial charge in [0.15, 0.2) is 5.69 Å². The van der Waals surface area contributed by atoms with Gasteiger partial charge in [0, 0.05) is 17.5 Å². The Morgan fingerprint density at radius 2 is 2.05 bits per heavy atom. The van der Waals surface area contributed by atoms with Crippen LogP contribution in [-0.2, 0) is 6.42 Å². The largest absolute Gasteiger partial charge is 0.478 e. The second-order valence-corrected chi connectivity index (χ2v) is 5.45. The van der Waals surface area contributed by atoms with Crippen molar-refractivity contribution in [2.45, 2.75) is 6.42 Å². The van der Waals surface area contributed by atoms with E-state index in [0.29, 0.717) is 12.2 Å². The van der Waals surface area contributed by atoms with E-state index < -0.39 is 11.9 Å². The fraction of sp³-hybridized carbons (Fsp3) is 0.0714. The van der Waals surface area contributed by atoms with Gasteiger partial charge >= 0.3 is 11.9 Å². The lowest BCUT2D eigenvalue weighted by Crippen LogP contribution is -2.01. The molecule has 0 aliphatic rings. The van der Waals surface area contributed by atoms with Crippen LogP contribution < -0.4 is 0 Å². The van der Waals surface area contributed by atoms with Gasteiger partial charge in [0.1, 0.15) is 5.82 Å². The third-order valence-corrected chi connectivity index (χ3v) is 3.95. The van der Waals surface area contributed by atoms with Crippen LogP contribution in [0.2, 0.25) is 0 Å². The molecule has 0 fully saturated rings. The van der Waals surface area contributed by atoms with Crippen molar-refractivity contribution in [3.63, 3.8) is 0 Å². The Morgan fingerprint density at radius 3 is 2.67 bits per heavy atom. The van der Waals surface area contributed by atoms with Gasteiger partial charge in [-0.3, -0.25) is 0 Å². The normalized spacial score (nSPS) is 10.9. The first-order chi connectivity index (χ1) is 10.1. The molecule has 0 aliphatic heterocycles. The summed E-state index contributed by atoms with van der Waals surface area (Å²) in [5, 5.41) is 20.2. The molecule has 0 radical (unpaired) electrons. The number of carboxylic acid groups (broad SMARTS) is 2. The number of hydrogen-bond acceptors (Lipinski definition) is 4. The van der Waals surface area contributed by atoms with Crippen LogP contribution in [0, 0.1) is 0 Å². The van der Waals surface area contributed by atoms with Crippen LogP contribution in [0.1, 0.15) is 31.5 Å². The Hall–Kier alpha value is -2.67. The number of pyridine rings is 1. The minimum absolute atomic E-state index is 0.0348. The number of carboxylic acids is 2. The zero-order valence-electron chi connectivity index (χ0n) is 10.7. The highest BCUT2D eigenvalue weighted by Gasteiger charge is 2.18. The number of nitrogens with zero attached hydrogens (tertiary/aromatic N) is 2. The molecule has 3 aromatic heterocycles. The van der Waals surface area contributed by atoms with Crippen LogP contribution in [0.4, 0.5) is 0 Å². The molecule has 0 unspecified atom stereocenters. The second-order valence-electron chi connectivity index (χ2n) is 4.41. The van der Waals surface area contributed by atoms with Gasteiger partial charge in [-0.1, -0.05) is 6.07 Å². The third kappa shape index (κ3) is 2.38. The maximum Gasteiger partial charge on any atom is 0.356 e. The number of carbonyl (C=O) groups is 2. The van der Waals surface area contributed by atoms with Crippen molar-refractivity contribution in [1.82, 2.24) is 9.38 Å². The summed E-state index contributed by atoms with van der Waals surface area (Å²) in [6, 6.07) is 6.62. The van der Waals surface area contributed by atoms with E-state index in [1.165, 1.54) is 12.1 Å². The van der Waals surface area contributed by atoms with Gasteiger partial charge in [0.05, 0.1) is 11.1 Å². The van der Waals surface area contributed by atoms with E-state index in [2.05, 4.69) is 4.98 Å². The number of aromatic nitrogens is 2. The van der Waals surface area contributed by atoms with Crippen molar-refractivity contribution in [1.29, 1.82) is 0 Å². The first-order valence-corrected chi connectivity index (χ1v) is 6.94. The fourth-order valence-corrected chi connectivity index (χ4v) is 2.83. The highest BCUT2D eigenvalue weighted by molar-refractivity contribution is 7.09. The van der Waals surface area contributed by atoms with Gasteiger partial charge < -0.3 is 14.6 Å². The van der Waals surface area contributed by atoms with E-state index in [1.54, 1.807) is 21.9 Å². The van der Waals surface area contributed by atoms with Crippen LogP contribution in [-0.4, -0.2) is 31.5 Å². The van der Waals surface area contributed by atoms with Gasteiger partial charge in [-0.05, 0) is 23.6 Å². The highest BCUT2D eigenvalue weighted by Crippen LogP contribution is 2.20. The van der Waals surface area contributed by atoms with E-state index in [-0.39, 0.29) is 16.8 Å². The molecule has 0 bridgehead atoms. The molecule has 3 rings (SSSR count). The Bertz CT molecular complexity index is 836. The maximum absolute atomic E-state index is 11.3. The smallest absolute Gasteiger partial charge is 0.356 e. The molecular formula is C14H10N2O4S. The number of thiophene rings is 1. The van der Waals surface area contributed by atoms with E-state index in [9.17, 15) is 14.7 Å². The van der Waals surface area contributed by atoms with Crippen LogP contribution >= 0.6 is 11.3 Å². The number of aromatic carboxylic acids is 2. The van der Waals surface area contributed by atoms with Gasteiger partial charge in [0.2, 0.25) is 0 Å². The summed E-state index contributed by atoms with van der Waals surface area (Å²) in [5.41, 5.74) is 0.186. The zero-order chi connectivity index (χ0) is 15.0. The van der Waals surface area contributed by atoms with E-state index in [1.807, 2.05) is 17.5 Å². The molecule has 0 spiro atoms.